The van der Waals surface area contributed by atoms with Gasteiger partial charge in [0.1, 0.15) is 11.2 Å². The highest BCUT2D eigenvalue weighted by Crippen LogP contribution is 2.18. The van der Waals surface area contributed by atoms with Gasteiger partial charge in [0.15, 0.2) is 0 Å². The highest BCUT2D eigenvalue weighted by Gasteiger charge is 2.31. The van der Waals surface area contributed by atoms with E-state index in [2.05, 4.69) is 5.32 Å². The van der Waals surface area contributed by atoms with E-state index in [1.807, 2.05) is 5.32 Å². The van der Waals surface area contributed by atoms with Gasteiger partial charge in [-0.05, 0) is 59.2 Å². The number of carbonyl (C=O) groups is 3. The van der Waals surface area contributed by atoms with Gasteiger partial charge in [0, 0.05) is 5.69 Å². The summed E-state index contributed by atoms with van der Waals surface area (Å²) in [6.07, 6.45) is -3.02. The van der Waals surface area contributed by atoms with Crippen molar-refractivity contribution in [3.63, 3.8) is 0 Å². The van der Waals surface area contributed by atoms with Gasteiger partial charge < -0.3 is 19.9 Å². The second-order valence-corrected chi connectivity index (χ2v) is 8.17. The van der Waals surface area contributed by atoms with E-state index >= 15 is 0 Å². The number of imide groups is 1. The van der Waals surface area contributed by atoms with Gasteiger partial charge in [-0.3, -0.25) is 10.7 Å². The van der Waals surface area contributed by atoms with Gasteiger partial charge in [0.2, 0.25) is 5.96 Å². The lowest BCUT2D eigenvalue weighted by Gasteiger charge is -2.28. The summed E-state index contributed by atoms with van der Waals surface area (Å²) in [5.41, 5.74) is -0.524. The van der Waals surface area contributed by atoms with Crippen molar-refractivity contribution < 1.29 is 29.0 Å². The van der Waals surface area contributed by atoms with Crippen molar-refractivity contribution in [3.8, 4) is 0 Å². The van der Waals surface area contributed by atoms with Crippen LogP contribution in [0.25, 0.3) is 0 Å². The molecule has 0 radical (unpaired) electrons. The van der Waals surface area contributed by atoms with E-state index in [0.717, 1.165) is 4.90 Å². The third kappa shape index (κ3) is 9.45. The van der Waals surface area contributed by atoms with Gasteiger partial charge in [-0.2, -0.15) is 0 Å². The molecule has 0 saturated heterocycles. The van der Waals surface area contributed by atoms with Crippen LogP contribution in [0.5, 0.6) is 0 Å². The molecule has 1 aromatic carbocycles. The maximum Gasteiger partial charge on any atom is 0.420 e. The van der Waals surface area contributed by atoms with Crippen LogP contribution in [0.15, 0.2) is 24.3 Å². The molecule has 0 fully saturated rings. The minimum absolute atomic E-state index is 0.0884. The summed E-state index contributed by atoms with van der Waals surface area (Å²) in [6, 6.07) is 6.40. The minimum atomic E-state index is -1.36. The van der Waals surface area contributed by atoms with Crippen molar-refractivity contribution in [1.29, 1.82) is 5.41 Å². The van der Waals surface area contributed by atoms with Crippen LogP contribution in [-0.4, -0.2) is 45.4 Å². The predicted octanol–water partition coefficient (Wildman–Crippen LogP) is 3.97. The highest BCUT2D eigenvalue weighted by atomic mass is 16.6. The molecule has 0 aliphatic carbocycles. The maximum atomic E-state index is 12.5. The Labute approximate surface area is 169 Å². The van der Waals surface area contributed by atoms with Crippen LogP contribution < -0.4 is 10.6 Å². The summed E-state index contributed by atoms with van der Waals surface area (Å²) in [5, 5.41) is 20.5. The fourth-order valence-electron chi connectivity index (χ4n) is 2.00. The van der Waals surface area contributed by atoms with Crippen molar-refractivity contribution in [3.05, 3.63) is 29.8 Å². The predicted molar refractivity (Wildman–Crippen MR) is 107 cm³/mol. The topological polar surface area (TPSA) is 141 Å². The molecular formula is C19H28N4O6. The molecule has 1 rings (SSSR count). The standard InChI is InChI=1S/C19H28N4O6/c1-18(2,3)28-16(26)23(17(27)29-19(4,5)6)11-12-7-9-13(10-8-12)21-14(20)22-15(24)25/h7-10H,11H2,1-6H3,(H,24,25)(H3,20,21,22). The van der Waals surface area contributed by atoms with Crippen molar-refractivity contribution >= 4 is 29.9 Å². The maximum absolute atomic E-state index is 12.5. The molecule has 0 spiro atoms. The molecule has 10 heteroatoms. The Balaban J connectivity index is 2.94. The number of anilines is 1. The Morgan fingerprint density at radius 3 is 1.79 bits per heavy atom. The lowest BCUT2D eigenvalue weighted by molar-refractivity contribution is -0.000257. The molecule has 3 amide bonds. The van der Waals surface area contributed by atoms with Crippen LogP contribution >= 0.6 is 0 Å². The van der Waals surface area contributed by atoms with E-state index in [-0.39, 0.29) is 6.54 Å². The molecule has 0 aliphatic heterocycles. The van der Waals surface area contributed by atoms with Crippen LogP contribution in [0.2, 0.25) is 0 Å². The zero-order chi connectivity index (χ0) is 22.4. The van der Waals surface area contributed by atoms with Gasteiger partial charge in [0.25, 0.3) is 0 Å². The van der Waals surface area contributed by atoms with E-state index in [1.54, 1.807) is 65.8 Å². The fourth-order valence-corrected chi connectivity index (χ4v) is 2.00. The normalized spacial score (nSPS) is 11.2. The molecule has 4 N–H and O–H groups in total. The summed E-state index contributed by atoms with van der Waals surface area (Å²) < 4.78 is 10.6. The second-order valence-electron chi connectivity index (χ2n) is 8.17. The molecule has 160 valence electrons. The summed E-state index contributed by atoms with van der Waals surface area (Å²) in [6.45, 7) is 10.1. The van der Waals surface area contributed by atoms with Crippen LogP contribution in [0.1, 0.15) is 47.1 Å². The number of hydrogen-bond donors (Lipinski definition) is 4. The lowest BCUT2D eigenvalue weighted by Crippen LogP contribution is -2.43. The van der Waals surface area contributed by atoms with Crippen molar-refractivity contribution in [1.82, 2.24) is 10.2 Å². The van der Waals surface area contributed by atoms with E-state index in [0.29, 0.717) is 11.3 Å². The van der Waals surface area contributed by atoms with Crippen LogP contribution in [0, 0.1) is 5.41 Å². The van der Waals surface area contributed by atoms with Gasteiger partial charge in [-0.1, -0.05) is 12.1 Å². The van der Waals surface area contributed by atoms with Crippen molar-refractivity contribution in [2.45, 2.75) is 59.3 Å². The van der Waals surface area contributed by atoms with Gasteiger partial charge in [0.05, 0.1) is 6.54 Å². The van der Waals surface area contributed by atoms with Crippen molar-refractivity contribution in [2.24, 2.45) is 0 Å². The average Bonchev–Trinajstić information content (AvgIpc) is 2.49. The third-order valence-corrected chi connectivity index (χ3v) is 3.02. The molecule has 29 heavy (non-hydrogen) atoms. The number of carbonyl (C=O) groups excluding carboxylic acids is 2. The molecule has 0 saturated carbocycles. The monoisotopic (exact) mass is 408 g/mol. The third-order valence-electron chi connectivity index (χ3n) is 3.02. The Morgan fingerprint density at radius 2 is 1.41 bits per heavy atom. The summed E-state index contributed by atoms with van der Waals surface area (Å²) in [4.78, 5) is 36.4. The van der Waals surface area contributed by atoms with Crippen LogP contribution in [-0.2, 0) is 16.0 Å². The molecular weight excluding hydrogens is 380 g/mol. The summed E-state index contributed by atoms with van der Waals surface area (Å²) in [7, 11) is 0. The van der Waals surface area contributed by atoms with Crippen LogP contribution in [0.4, 0.5) is 20.1 Å². The Kier molecular flexibility index (Phi) is 7.58. The molecule has 0 heterocycles. The van der Waals surface area contributed by atoms with Gasteiger partial charge in [-0.15, -0.1) is 0 Å². The number of guanidine groups is 1. The quantitative estimate of drug-likeness (QED) is 0.438. The van der Waals surface area contributed by atoms with E-state index < -0.39 is 35.4 Å². The Hall–Kier alpha value is -3.30. The first-order valence-corrected chi connectivity index (χ1v) is 8.84. The molecule has 0 atom stereocenters. The van der Waals surface area contributed by atoms with E-state index in [9.17, 15) is 14.4 Å². The molecule has 1 aromatic rings. The number of nitrogens with one attached hydrogen (secondary N) is 3. The number of hydrogen-bond acceptors (Lipinski definition) is 6. The number of ether oxygens (including phenoxy) is 2. The number of rotatable bonds is 3. The summed E-state index contributed by atoms with van der Waals surface area (Å²) >= 11 is 0. The van der Waals surface area contributed by atoms with E-state index in [1.165, 1.54) is 0 Å². The number of nitrogens with zero attached hydrogens (tertiary/aromatic N) is 1. The largest absolute Gasteiger partial charge is 0.465 e. The summed E-state index contributed by atoms with van der Waals surface area (Å²) in [5.74, 6) is -0.408. The first kappa shape index (κ1) is 23.7. The Bertz CT molecular complexity index is 734. The van der Waals surface area contributed by atoms with Crippen molar-refractivity contribution in [2.75, 3.05) is 5.32 Å². The highest BCUT2D eigenvalue weighted by molar-refractivity contribution is 5.99. The zero-order valence-corrected chi connectivity index (χ0v) is 17.5. The zero-order valence-electron chi connectivity index (χ0n) is 17.5. The minimum Gasteiger partial charge on any atom is -0.465 e. The first-order chi connectivity index (χ1) is 13.2. The molecule has 0 aliphatic rings. The SMILES string of the molecule is CC(C)(C)OC(=O)N(Cc1ccc(NC(=N)NC(=O)O)cc1)C(=O)OC(C)(C)C. The van der Waals surface area contributed by atoms with E-state index in [4.69, 9.17) is 20.0 Å². The fraction of sp³-hybridized carbons (Fsp3) is 0.474. The Morgan fingerprint density at radius 1 is 0.966 bits per heavy atom. The number of amides is 3. The second kappa shape index (κ2) is 9.26. The molecule has 0 bridgehead atoms. The van der Waals surface area contributed by atoms with Gasteiger partial charge >= 0.3 is 18.3 Å². The molecule has 10 nitrogen and oxygen atoms in total. The number of carboxylic acid groups (broad SMARTS) is 1. The van der Waals surface area contributed by atoms with Crippen LogP contribution in [0.3, 0.4) is 0 Å². The average molecular weight is 408 g/mol. The smallest absolute Gasteiger partial charge is 0.420 e. The lowest BCUT2D eigenvalue weighted by atomic mass is 10.2. The first-order valence-electron chi connectivity index (χ1n) is 8.84. The van der Waals surface area contributed by atoms with Gasteiger partial charge in [-0.25, -0.2) is 19.3 Å². The molecule has 0 unspecified atom stereocenters. The molecule has 0 aromatic heterocycles. The number of benzene rings is 1.